The van der Waals surface area contributed by atoms with Crippen LogP contribution in [0.3, 0.4) is 0 Å². The van der Waals surface area contributed by atoms with Gasteiger partial charge in [-0.05, 0) is 63.6 Å². The molecular weight excluding hydrogens is 466 g/mol. The van der Waals surface area contributed by atoms with E-state index in [-0.39, 0.29) is 5.91 Å². The summed E-state index contributed by atoms with van der Waals surface area (Å²) in [5.41, 5.74) is 7.16. The standard InChI is InChI=1S/C30H27N3O2S/c1-5-35-27-13-9-7-11-22(27)26-17-24(21-10-6-8-12-25(21)31-26)29(34)33-30-32-28(20(4)36-30)23-16-18(2)14-15-19(23)3/h6-17H,5H2,1-4H3,(H,32,33,34). The smallest absolute Gasteiger partial charge is 0.258 e. The number of nitrogens with zero attached hydrogens (tertiary/aromatic N) is 2. The highest BCUT2D eigenvalue weighted by atomic mass is 32.1. The van der Waals surface area contributed by atoms with E-state index in [2.05, 4.69) is 37.4 Å². The number of ether oxygens (including phenoxy) is 1. The van der Waals surface area contributed by atoms with Gasteiger partial charge >= 0.3 is 0 Å². The molecule has 2 heterocycles. The lowest BCUT2D eigenvalue weighted by Crippen LogP contribution is -2.13. The van der Waals surface area contributed by atoms with Crippen LogP contribution in [0.5, 0.6) is 5.75 Å². The monoisotopic (exact) mass is 493 g/mol. The molecule has 5 nitrogen and oxygen atoms in total. The van der Waals surface area contributed by atoms with Gasteiger partial charge in [0.05, 0.1) is 29.1 Å². The number of aromatic nitrogens is 2. The first-order valence-corrected chi connectivity index (χ1v) is 12.7. The maximum atomic E-state index is 13.6. The average molecular weight is 494 g/mol. The number of carbonyl (C=O) groups is 1. The molecule has 0 spiro atoms. The van der Waals surface area contributed by atoms with Crippen LogP contribution in [-0.2, 0) is 0 Å². The van der Waals surface area contributed by atoms with Gasteiger partial charge in [0.1, 0.15) is 5.75 Å². The first-order chi connectivity index (χ1) is 17.4. The van der Waals surface area contributed by atoms with Crippen LogP contribution in [0.2, 0.25) is 0 Å². The number of carbonyl (C=O) groups excluding carboxylic acids is 1. The summed E-state index contributed by atoms with van der Waals surface area (Å²) in [5, 5.41) is 4.41. The Morgan fingerprint density at radius 2 is 1.69 bits per heavy atom. The second-order valence-corrected chi connectivity index (χ2v) is 9.90. The molecule has 0 saturated carbocycles. The van der Waals surface area contributed by atoms with Crippen molar-refractivity contribution < 1.29 is 9.53 Å². The Kier molecular flexibility index (Phi) is 6.53. The van der Waals surface area contributed by atoms with E-state index in [0.29, 0.717) is 23.0 Å². The van der Waals surface area contributed by atoms with Crippen LogP contribution in [0.25, 0.3) is 33.4 Å². The molecule has 36 heavy (non-hydrogen) atoms. The number of aryl methyl sites for hydroxylation is 3. The maximum absolute atomic E-state index is 13.6. The first kappa shape index (κ1) is 23.7. The lowest BCUT2D eigenvalue weighted by atomic mass is 10.0. The van der Waals surface area contributed by atoms with Crippen molar-refractivity contribution >= 4 is 33.3 Å². The summed E-state index contributed by atoms with van der Waals surface area (Å²) < 4.78 is 5.83. The number of fused-ring (bicyclic) bond motifs is 1. The Bertz CT molecular complexity index is 1590. The van der Waals surface area contributed by atoms with Crippen LogP contribution in [0.15, 0.2) is 72.8 Å². The van der Waals surface area contributed by atoms with Gasteiger partial charge in [-0.25, -0.2) is 9.97 Å². The SMILES string of the molecule is CCOc1ccccc1-c1cc(C(=O)Nc2nc(-c3cc(C)ccc3C)c(C)s2)c2ccccc2n1. The molecule has 0 aliphatic heterocycles. The van der Waals surface area contributed by atoms with E-state index in [1.54, 1.807) is 0 Å². The van der Waals surface area contributed by atoms with Gasteiger partial charge < -0.3 is 4.74 Å². The average Bonchev–Trinajstić information content (AvgIpc) is 3.24. The lowest BCUT2D eigenvalue weighted by Gasteiger charge is -2.12. The number of pyridine rings is 1. The van der Waals surface area contributed by atoms with Crippen LogP contribution in [0, 0.1) is 20.8 Å². The van der Waals surface area contributed by atoms with Crippen molar-refractivity contribution in [1.82, 2.24) is 9.97 Å². The first-order valence-electron chi connectivity index (χ1n) is 11.9. The molecule has 1 amide bonds. The summed E-state index contributed by atoms with van der Waals surface area (Å²) in [6.45, 7) is 8.69. The Morgan fingerprint density at radius 1 is 0.917 bits per heavy atom. The van der Waals surface area contributed by atoms with Crippen molar-refractivity contribution in [2.45, 2.75) is 27.7 Å². The van der Waals surface area contributed by atoms with E-state index in [0.717, 1.165) is 43.9 Å². The lowest BCUT2D eigenvalue weighted by molar-refractivity contribution is 0.102. The van der Waals surface area contributed by atoms with Crippen LogP contribution < -0.4 is 10.1 Å². The minimum absolute atomic E-state index is 0.218. The van der Waals surface area contributed by atoms with Crippen molar-refractivity contribution in [1.29, 1.82) is 0 Å². The van der Waals surface area contributed by atoms with Crippen molar-refractivity contribution in [2.24, 2.45) is 0 Å². The molecule has 0 fully saturated rings. The predicted octanol–water partition coefficient (Wildman–Crippen LogP) is 7.60. The normalized spacial score (nSPS) is 11.0. The van der Waals surface area contributed by atoms with Gasteiger partial charge in [0.15, 0.2) is 5.13 Å². The molecular formula is C30H27N3O2S. The van der Waals surface area contributed by atoms with E-state index >= 15 is 0 Å². The van der Waals surface area contributed by atoms with E-state index in [1.807, 2.05) is 68.4 Å². The molecule has 0 aliphatic carbocycles. The third-order valence-electron chi connectivity index (χ3n) is 6.09. The molecule has 0 radical (unpaired) electrons. The van der Waals surface area contributed by atoms with Crippen molar-refractivity contribution in [3.05, 3.63) is 94.4 Å². The molecule has 0 aliphatic rings. The molecule has 0 bridgehead atoms. The van der Waals surface area contributed by atoms with Gasteiger partial charge in [0.2, 0.25) is 0 Å². The van der Waals surface area contributed by atoms with Gasteiger partial charge in [-0.15, -0.1) is 11.3 Å². The Balaban J connectivity index is 1.55. The number of benzene rings is 3. The molecule has 0 atom stereocenters. The number of rotatable bonds is 6. The summed E-state index contributed by atoms with van der Waals surface area (Å²) in [5.74, 6) is 0.521. The molecule has 6 heteroatoms. The van der Waals surface area contributed by atoms with Crippen molar-refractivity contribution in [2.75, 3.05) is 11.9 Å². The summed E-state index contributed by atoms with van der Waals surface area (Å²) >= 11 is 1.48. The number of hydrogen-bond acceptors (Lipinski definition) is 5. The fraction of sp³-hybridized carbons (Fsp3) is 0.167. The van der Waals surface area contributed by atoms with Crippen LogP contribution >= 0.6 is 11.3 Å². The third kappa shape index (κ3) is 4.60. The fourth-order valence-corrected chi connectivity index (χ4v) is 5.14. The van der Waals surface area contributed by atoms with Gasteiger partial charge in [-0.3, -0.25) is 10.1 Å². The predicted molar refractivity (Wildman–Crippen MR) is 148 cm³/mol. The van der Waals surface area contributed by atoms with Crippen LogP contribution in [0.1, 0.15) is 33.3 Å². The molecule has 3 aromatic carbocycles. The summed E-state index contributed by atoms with van der Waals surface area (Å²) in [4.78, 5) is 24.3. The highest BCUT2D eigenvalue weighted by Crippen LogP contribution is 2.34. The van der Waals surface area contributed by atoms with Crippen molar-refractivity contribution in [3.63, 3.8) is 0 Å². The number of nitrogens with one attached hydrogen (secondary N) is 1. The van der Waals surface area contributed by atoms with Crippen molar-refractivity contribution in [3.8, 4) is 28.3 Å². The molecule has 5 aromatic rings. The number of para-hydroxylation sites is 2. The minimum atomic E-state index is -0.218. The topological polar surface area (TPSA) is 64.1 Å². The largest absolute Gasteiger partial charge is 0.493 e. The minimum Gasteiger partial charge on any atom is -0.493 e. The molecule has 5 rings (SSSR count). The van der Waals surface area contributed by atoms with E-state index < -0.39 is 0 Å². The van der Waals surface area contributed by atoms with E-state index in [9.17, 15) is 4.79 Å². The maximum Gasteiger partial charge on any atom is 0.258 e. The number of anilines is 1. The Labute approximate surface area is 214 Å². The van der Waals surface area contributed by atoms with Crippen LogP contribution in [0.4, 0.5) is 5.13 Å². The second kappa shape index (κ2) is 9.91. The molecule has 180 valence electrons. The summed E-state index contributed by atoms with van der Waals surface area (Å²) in [7, 11) is 0. The second-order valence-electron chi connectivity index (χ2n) is 8.70. The van der Waals surface area contributed by atoms with E-state index in [1.165, 1.54) is 16.9 Å². The summed E-state index contributed by atoms with van der Waals surface area (Å²) in [6.07, 6.45) is 0. The molecule has 1 N–H and O–H groups in total. The zero-order valence-electron chi connectivity index (χ0n) is 20.8. The third-order valence-corrected chi connectivity index (χ3v) is 6.98. The quantitative estimate of drug-likeness (QED) is 0.264. The number of thiazole rings is 1. The van der Waals surface area contributed by atoms with Gasteiger partial charge in [-0.1, -0.05) is 48.0 Å². The molecule has 0 unspecified atom stereocenters. The zero-order chi connectivity index (χ0) is 25.2. The highest BCUT2D eigenvalue weighted by molar-refractivity contribution is 7.16. The summed E-state index contributed by atoms with van der Waals surface area (Å²) in [6, 6.07) is 23.6. The Morgan fingerprint density at radius 3 is 2.53 bits per heavy atom. The van der Waals surface area contributed by atoms with Crippen LogP contribution in [-0.4, -0.2) is 22.5 Å². The van der Waals surface area contributed by atoms with Gasteiger partial charge in [0.25, 0.3) is 5.91 Å². The number of hydrogen-bond donors (Lipinski definition) is 1. The van der Waals surface area contributed by atoms with Gasteiger partial charge in [0, 0.05) is 21.4 Å². The fourth-order valence-electron chi connectivity index (χ4n) is 4.32. The van der Waals surface area contributed by atoms with Gasteiger partial charge in [-0.2, -0.15) is 0 Å². The Hall–Kier alpha value is -4.03. The molecule has 2 aromatic heterocycles. The molecule has 0 saturated heterocycles. The number of amides is 1. The van der Waals surface area contributed by atoms with E-state index in [4.69, 9.17) is 14.7 Å². The highest BCUT2D eigenvalue weighted by Gasteiger charge is 2.19. The zero-order valence-corrected chi connectivity index (χ0v) is 21.6.